The van der Waals surface area contributed by atoms with E-state index in [2.05, 4.69) is 5.32 Å². The fourth-order valence-corrected chi connectivity index (χ4v) is 2.72. The number of ether oxygens (including phenoxy) is 3. The van der Waals surface area contributed by atoms with Crippen molar-refractivity contribution in [3.05, 3.63) is 53.6 Å². The molecule has 0 bridgehead atoms. The van der Waals surface area contributed by atoms with Gasteiger partial charge < -0.3 is 24.6 Å². The maximum atomic E-state index is 12.5. The quantitative estimate of drug-likeness (QED) is 0.651. The van der Waals surface area contributed by atoms with Crippen LogP contribution >= 0.6 is 0 Å². The number of benzene rings is 2. The standard InChI is InChI=1S/C21H25NO6/c1-4-28-16-7-5-14(6-8-16)11-15(21(24)25)13-22-20(23)18-10-9-17(26-2)12-19(18)27-3/h5-10,12,15H,4,11,13H2,1-3H3,(H,22,23)(H,24,25). The molecular formula is C21H25NO6. The first-order valence-corrected chi connectivity index (χ1v) is 8.93. The summed E-state index contributed by atoms with van der Waals surface area (Å²) in [5, 5.41) is 12.2. The fourth-order valence-electron chi connectivity index (χ4n) is 2.72. The van der Waals surface area contributed by atoms with E-state index in [1.54, 1.807) is 30.3 Å². The number of amides is 1. The summed E-state index contributed by atoms with van der Waals surface area (Å²) < 4.78 is 15.7. The van der Waals surface area contributed by atoms with E-state index < -0.39 is 17.8 Å². The number of hydrogen-bond donors (Lipinski definition) is 2. The van der Waals surface area contributed by atoms with Gasteiger partial charge in [0.1, 0.15) is 17.2 Å². The lowest BCUT2D eigenvalue weighted by Gasteiger charge is -2.15. The molecule has 0 fully saturated rings. The van der Waals surface area contributed by atoms with Crippen molar-refractivity contribution in [2.45, 2.75) is 13.3 Å². The highest BCUT2D eigenvalue weighted by Gasteiger charge is 2.21. The van der Waals surface area contributed by atoms with E-state index in [0.29, 0.717) is 30.1 Å². The Bertz CT molecular complexity index is 803. The fraction of sp³-hybridized carbons (Fsp3) is 0.333. The van der Waals surface area contributed by atoms with Gasteiger partial charge in [0.25, 0.3) is 5.91 Å². The van der Waals surface area contributed by atoms with Crippen LogP contribution < -0.4 is 19.5 Å². The molecule has 0 aliphatic carbocycles. The minimum Gasteiger partial charge on any atom is -0.497 e. The van der Waals surface area contributed by atoms with Gasteiger partial charge in [0.05, 0.1) is 32.3 Å². The average molecular weight is 387 g/mol. The third kappa shape index (κ3) is 5.64. The zero-order chi connectivity index (χ0) is 20.5. The minimum atomic E-state index is -0.976. The smallest absolute Gasteiger partial charge is 0.308 e. The highest BCUT2D eigenvalue weighted by atomic mass is 16.5. The van der Waals surface area contributed by atoms with Crippen molar-refractivity contribution in [2.75, 3.05) is 27.4 Å². The monoisotopic (exact) mass is 387 g/mol. The molecule has 0 heterocycles. The van der Waals surface area contributed by atoms with Crippen LogP contribution in [0, 0.1) is 5.92 Å². The van der Waals surface area contributed by atoms with E-state index >= 15 is 0 Å². The molecule has 0 spiro atoms. The van der Waals surface area contributed by atoms with Crippen LogP contribution in [0.3, 0.4) is 0 Å². The van der Waals surface area contributed by atoms with E-state index in [9.17, 15) is 14.7 Å². The Morgan fingerprint density at radius 2 is 1.71 bits per heavy atom. The summed E-state index contributed by atoms with van der Waals surface area (Å²) in [5.74, 6) is -0.486. The minimum absolute atomic E-state index is 0.00341. The number of hydrogen-bond acceptors (Lipinski definition) is 5. The Morgan fingerprint density at radius 1 is 1.04 bits per heavy atom. The average Bonchev–Trinajstić information content (AvgIpc) is 2.71. The summed E-state index contributed by atoms with van der Waals surface area (Å²) in [7, 11) is 2.98. The van der Waals surface area contributed by atoms with Gasteiger partial charge in [0, 0.05) is 12.6 Å². The highest BCUT2D eigenvalue weighted by molar-refractivity contribution is 5.97. The number of carboxylic acids is 1. The second-order valence-electron chi connectivity index (χ2n) is 6.09. The summed E-state index contributed by atoms with van der Waals surface area (Å²) in [6.45, 7) is 2.46. The van der Waals surface area contributed by atoms with Gasteiger partial charge in [-0.05, 0) is 43.2 Å². The first kappa shape index (κ1) is 21.1. The van der Waals surface area contributed by atoms with Crippen LogP contribution in [0.2, 0.25) is 0 Å². The molecule has 2 rings (SSSR count). The summed E-state index contributed by atoms with van der Waals surface area (Å²) >= 11 is 0. The van der Waals surface area contributed by atoms with Crippen LogP contribution in [0.5, 0.6) is 17.2 Å². The van der Waals surface area contributed by atoms with Crippen molar-refractivity contribution in [3.63, 3.8) is 0 Å². The highest BCUT2D eigenvalue weighted by Crippen LogP contribution is 2.24. The Morgan fingerprint density at radius 3 is 2.29 bits per heavy atom. The van der Waals surface area contributed by atoms with Crippen LogP contribution in [0.4, 0.5) is 0 Å². The Kier molecular flexibility index (Phi) is 7.68. The van der Waals surface area contributed by atoms with Gasteiger partial charge in [-0.3, -0.25) is 9.59 Å². The number of carboxylic acid groups (broad SMARTS) is 1. The summed E-state index contributed by atoms with van der Waals surface area (Å²) in [6.07, 6.45) is 0.293. The molecule has 2 N–H and O–H groups in total. The van der Waals surface area contributed by atoms with Crippen LogP contribution in [0.15, 0.2) is 42.5 Å². The Balaban J connectivity index is 2.03. The Labute approximate surface area is 164 Å². The van der Waals surface area contributed by atoms with E-state index in [4.69, 9.17) is 14.2 Å². The summed E-state index contributed by atoms with van der Waals surface area (Å²) in [4.78, 5) is 24.1. The Hall–Kier alpha value is -3.22. The van der Waals surface area contributed by atoms with Crippen molar-refractivity contribution in [1.82, 2.24) is 5.32 Å². The predicted octanol–water partition coefficient (Wildman–Crippen LogP) is 2.78. The number of rotatable bonds is 10. The lowest BCUT2D eigenvalue weighted by Crippen LogP contribution is -2.34. The van der Waals surface area contributed by atoms with Gasteiger partial charge in [0.15, 0.2) is 0 Å². The largest absolute Gasteiger partial charge is 0.497 e. The third-order valence-electron chi connectivity index (χ3n) is 4.23. The molecule has 0 radical (unpaired) electrons. The lowest BCUT2D eigenvalue weighted by atomic mass is 9.99. The van der Waals surface area contributed by atoms with Crippen LogP contribution in [-0.4, -0.2) is 44.4 Å². The molecule has 150 valence electrons. The van der Waals surface area contributed by atoms with Gasteiger partial charge in [0.2, 0.25) is 0 Å². The molecule has 0 saturated carbocycles. The predicted molar refractivity (Wildman–Crippen MR) is 104 cm³/mol. The normalized spacial score (nSPS) is 11.4. The van der Waals surface area contributed by atoms with Crippen molar-refractivity contribution in [1.29, 1.82) is 0 Å². The topological polar surface area (TPSA) is 94.1 Å². The van der Waals surface area contributed by atoms with Gasteiger partial charge in [-0.2, -0.15) is 0 Å². The second-order valence-corrected chi connectivity index (χ2v) is 6.09. The van der Waals surface area contributed by atoms with Crippen molar-refractivity contribution >= 4 is 11.9 Å². The molecule has 1 atom stereocenters. The van der Waals surface area contributed by atoms with E-state index in [1.165, 1.54) is 14.2 Å². The van der Waals surface area contributed by atoms with Gasteiger partial charge in [-0.1, -0.05) is 12.1 Å². The van der Waals surface area contributed by atoms with E-state index in [0.717, 1.165) is 11.3 Å². The van der Waals surface area contributed by atoms with Crippen molar-refractivity contribution in [2.24, 2.45) is 5.92 Å². The molecule has 0 aromatic heterocycles. The number of carbonyl (C=O) groups excluding carboxylic acids is 1. The molecule has 2 aromatic carbocycles. The summed E-state index contributed by atoms with van der Waals surface area (Å²) in [5.41, 5.74) is 1.17. The van der Waals surface area contributed by atoms with E-state index in [1.807, 2.05) is 19.1 Å². The van der Waals surface area contributed by atoms with Crippen LogP contribution in [-0.2, 0) is 11.2 Å². The molecule has 2 aromatic rings. The van der Waals surface area contributed by atoms with Crippen molar-refractivity contribution in [3.8, 4) is 17.2 Å². The van der Waals surface area contributed by atoms with E-state index in [-0.39, 0.29) is 6.54 Å². The van der Waals surface area contributed by atoms with Crippen molar-refractivity contribution < 1.29 is 28.9 Å². The molecule has 1 amide bonds. The maximum Gasteiger partial charge on any atom is 0.308 e. The zero-order valence-electron chi connectivity index (χ0n) is 16.2. The summed E-state index contributed by atoms with van der Waals surface area (Å²) in [6, 6.07) is 12.1. The van der Waals surface area contributed by atoms with Crippen LogP contribution in [0.25, 0.3) is 0 Å². The number of aliphatic carboxylic acids is 1. The van der Waals surface area contributed by atoms with Gasteiger partial charge in [-0.25, -0.2) is 0 Å². The molecule has 0 saturated heterocycles. The molecule has 7 heteroatoms. The molecule has 0 aliphatic rings. The molecule has 0 aliphatic heterocycles. The van der Waals surface area contributed by atoms with Gasteiger partial charge >= 0.3 is 5.97 Å². The lowest BCUT2D eigenvalue weighted by molar-refractivity contribution is -0.141. The number of carbonyl (C=O) groups is 2. The zero-order valence-corrected chi connectivity index (χ0v) is 16.2. The van der Waals surface area contributed by atoms with Gasteiger partial charge in [-0.15, -0.1) is 0 Å². The maximum absolute atomic E-state index is 12.5. The molecular weight excluding hydrogens is 362 g/mol. The molecule has 1 unspecified atom stereocenters. The van der Waals surface area contributed by atoms with Crippen LogP contribution in [0.1, 0.15) is 22.8 Å². The second kappa shape index (κ2) is 10.2. The first-order valence-electron chi connectivity index (χ1n) is 8.93. The SMILES string of the molecule is CCOc1ccc(CC(CNC(=O)c2ccc(OC)cc2OC)C(=O)O)cc1. The number of methoxy groups -OCH3 is 2. The molecule has 28 heavy (non-hydrogen) atoms. The third-order valence-corrected chi connectivity index (χ3v) is 4.23. The number of nitrogens with one attached hydrogen (secondary N) is 1. The first-order chi connectivity index (χ1) is 13.5. The molecule has 7 nitrogen and oxygen atoms in total.